The molecule has 2 N–H and O–H groups in total. The Morgan fingerprint density at radius 3 is 3.00 bits per heavy atom. The number of aromatic nitrogens is 3. The summed E-state index contributed by atoms with van der Waals surface area (Å²) in [6.45, 7) is 4.86. The van der Waals surface area contributed by atoms with Gasteiger partial charge in [-0.1, -0.05) is 6.07 Å². The SMILES string of the molecule is Cc1cnc(-n2cc(CNCC(O)c3ccc4c(c3C)COC4=O)cn2)cc1C#N. The van der Waals surface area contributed by atoms with E-state index in [9.17, 15) is 15.2 Å². The van der Waals surface area contributed by atoms with Crippen molar-refractivity contribution < 1.29 is 14.6 Å². The van der Waals surface area contributed by atoms with E-state index in [0.717, 1.165) is 27.8 Å². The summed E-state index contributed by atoms with van der Waals surface area (Å²) >= 11 is 0. The van der Waals surface area contributed by atoms with Crippen LogP contribution in [0.25, 0.3) is 5.82 Å². The van der Waals surface area contributed by atoms with Gasteiger partial charge in [-0.15, -0.1) is 0 Å². The lowest BCUT2D eigenvalue weighted by Gasteiger charge is -2.16. The zero-order valence-electron chi connectivity index (χ0n) is 16.7. The number of aryl methyl sites for hydroxylation is 1. The zero-order chi connectivity index (χ0) is 21.3. The molecule has 1 aliphatic rings. The summed E-state index contributed by atoms with van der Waals surface area (Å²) < 4.78 is 6.69. The monoisotopic (exact) mass is 403 g/mol. The molecule has 0 saturated carbocycles. The van der Waals surface area contributed by atoms with E-state index in [4.69, 9.17) is 4.74 Å². The van der Waals surface area contributed by atoms with Crippen molar-refractivity contribution in [2.24, 2.45) is 0 Å². The average molecular weight is 403 g/mol. The van der Waals surface area contributed by atoms with Gasteiger partial charge in [0.05, 0.1) is 29.5 Å². The molecule has 2 aromatic heterocycles. The van der Waals surface area contributed by atoms with Crippen molar-refractivity contribution >= 4 is 5.97 Å². The number of nitrogens with zero attached hydrogens (tertiary/aromatic N) is 4. The molecule has 3 aromatic rings. The molecule has 0 aliphatic carbocycles. The second-order valence-corrected chi connectivity index (χ2v) is 7.29. The molecule has 1 aliphatic heterocycles. The molecular formula is C22H21N5O3. The molecule has 30 heavy (non-hydrogen) atoms. The summed E-state index contributed by atoms with van der Waals surface area (Å²) in [6, 6.07) is 7.34. The number of hydrogen-bond acceptors (Lipinski definition) is 7. The van der Waals surface area contributed by atoms with Gasteiger partial charge in [-0.2, -0.15) is 10.4 Å². The van der Waals surface area contributed by atoms with Gasteiger partial charge in [0.15, 0.2) is 5.82 Å². The van der Waals surface area contributed by atoms with Crippen molar-refractivity contribution in [3.05, 3.63) is 75.7 Å². The minimum absolute atomic E-state index is 0.258. The number of hydrogen-bond donors (Lipinski definition) is 2. The third-order valence-electron chi connectivity index (χ3n) is 5.31. The van der Waals surface area contributed by atoms with Gasteiger partial charge in [0, 0.05) is 42.7 Å². The van der Waals surface area contributed by atoms with Gasteiger partial charge in [-0.25, -0.2) is 14.5 Å². The van der Waals surface area contributed by atoms with Gasteiger partial charge in [0.1, 0.15) is 6.61 Å². The molecule has 0 saturated heterocycles. The van der Waals surface area contributed by atoms with Gasteiger partial charge in [0.2, 0.25) is 0 Å². The summed E-state index contributed by atoms with van der Waals surface area (Å²) in [4.78, 5) is 16.0. The number of nitriles is 1. The average Bonchev–Trinajstić information content (AvgIpc) is 3.36. The Morgan fingerprint density at radius 2 is 2.20 bits per heavy atom. The van der Waals surface area contributed by atoms with Crippen LogP contribution in [-0.4, -0.2) is 32.4 Å². The Hall–Kier alpha value is -3.54. The van der Waals surface area contributed by atoms with Crippen LogP contribution in [0, 0.1) is 25.2 Å². The summed E-state index contributed by atoms with van der Waals surface area (Å²) in [6.07, 6.45) is 4.50. The van der Waals surface area contributed by atoms with Crippen molar-refractivity contribution in [3.8, 4) is 11.9 Å². The van der Waals surface area contributed by atoms with Crippen molar-refractivity contribution in [3.63, 3.8) is 0 Å². The fourth-order valence-corrected chi connectivity index (χ4v) is 3.53. The number of aliphatic hydroxyl groups is 1. The number of ether oxygens (including phenoxy) is 1. The van der Waals surface area contributed by atoms with E-state index in [0.29, 0.717) is 30.0 Å². The number of carbonyl (C=O) groups excluding carboxylic acids is 1. The predicted octanol–water partition coefficient (Wildman–Crippen LogP) is 2.25. The van der Waals surface area contributed by atoms with Crippen LogP contribution in [0.15, 0.2) is 36.8 Å². The Kier molecular flexibility index (Phi) is 5.31. The molecule has 1 unspecified atom stereocenters. The Labute approximate surface area is 173 Å². The number of nitrogens with one attached hydrogen (secondary N) is 1. The molecule has 0 bridgehead atoms. The maximum absolute atomic E-state index is 11.7. The standard InChI is InChI=1S/C22H21N5O3/c1-13-7-25-21(5-16(13)6-23)27-11-15(9-26-27)8-24-10-20(28)17-3-4-18-19(14(17)2)12-30-22(18)29/h3-5,7,9,11,20,24,28H,8,10,12H2,1-2H3. The van der Waals surface area contributed by atoms with Crippen LogP contribution in [0.2, 0.25) is 0 Å². The summed E-state index contributed by atoms with van der Waals surface area (Å²) in [5.74, 6) is 0.267. The van der Waals surface area contributed by atoms with E-state index in [1.807, 2.05) is 20.0 Å². The van der Waals surface area contributed by atoms with Crippen LogP contribution in [0.4, 0.5) is 0 Å². The molecular weight excluding hydrogens is 382 g/mol. The smallest absolute Gasteiger partial charge is 0.338 e. The molecule has 152 valence electrons. The quantitative estimate of drug-likeness (QED) is 0.607. The van der Waals surface area contributed by atoms with E-state index < -0.39 is 6.10 Å². The Balaban J connectivity index is 1.39. The third-order valence-corrected chi connectivity index (χ3v) is 5.31. The second kappa shape index (κ2) is 8.06. The first-order valence-corrected chi connectivity index (χ1v) is 9.57. The van der Waals surface area contributed by atoms with Crippen LogP contribution < -0.4 is 5.32 Å². The van der Waals surface area contributed by atoms with Gasteiger partial charge in [-0.05, 0) is 36.6 Å². The fraction of sp³-hybridized carbons (Fsp3) is 0.273. The summed E-state index contributed by atoms with van der Waals surface area (Å²) in [5, 5.41) is 27.3. The molecule has 0 fully saturated rings. The normalized spacial score (nSPS) is 13.6. The van der Waals surface area contributed by atoms with E-state index >= 15 is 0 Å². The highest BCUT2D eigenvalue weighted by atomic mass is 16.5. The lowest BCUT2D eigenvalue weighted by Crippen LogP contribution is -2.21. The topological polar surface area (TPSA) is 113 Å². The highest BCUT2D eigenvalue weighted by Crippen LogP contribution is 2.28. The third kappa shape index (κ3) is 3.68. The zero-order valence-corrected chi connectivity index (χ0v) is 16.7. The van der Waals surface area contributed by atoms with Gasteiger partial charge < -0.3 is 15.2 Å². The predicted molar refractivity (Wildman–Crippen MR) is 108 cm³/mol. The van der Waals surface area contributed by atoms with E-state index in [-0.39, 0.29) is 12.6 Å². The lowest BCUT2D eigenvalue weighted by molar-refractivity contribution is 0.0535. The minimum Gasteiger partial charge on any atom is -0.457 e. The number of rotatable bonds is 6. The van der Waals surface area contributed by atoms with Crippen molar-refractivity contribution in [1.82, 2.24) is 20.1 Å². The van der Waals surface area contributed by atoms with Crippen LogP contribution in [0.3, 0.4) is 0 Å². The highest BCUT2D eigenvalue weighted by Gasteiger charge is 2.25. The molecule has 8 heteroatoms. The Bertz CT molecular complexity index is 1160. The van der Waals surface area contributed by atoms with E-state index in [1.54, 1.807) is 35.3 Å². The minimum atomic E-state index is -0.710. The second-order valence-electron chi connectivity index (χ2n) is 7.29. The molecule has 1 aromatic carbocycles. The summed E-state index contributed by atoms with van der Waals surface area (Å²) in [7, 11) is 0. The van der Waals surface area contributed by atoms with Gasteiger partial charge >= 0.3 is 5.97 Å². The molecule has 4 rings (SSSR count). The first-order valence-electron chi connectivity index (χ1n) is 9.57. The molecule has 3 heterocycles. The van der Waals surface area contributed by atoms with E-state index in [2.05, 4.69) is 21.5 Å². The molecule has 1 atom stereocenters. The van der Waals surface area contributed by atoms with Crippen molar-refractivity contribution in [2.45, 2.75) is 33.1 Å². The molecule has 0 amide bonds. The Morgan fingerprint density at radius 1 is 1.37 bits per heavy atom. The van der Waals surface area contributed by atoms with Crippen LogP contribution in [0.5, 0.6) is 0 Å². The molecule has 0 spiro atoms. The van der Waals surface area contributed by atoms with Crippen LogP contribution >= 0.6 is 0 Å². The summed E-state index contributed by atoms with van der Waals surface area (Å²) in [5.41, 5.74) is 5.40. The number of benzene rings is 1. The van der Waals surface area contributed by atoms with Gasteiger partial charge in [0.25, 0.3) is 0 Å². The first kappa shape index (κ1) is 19.8. The number of aliphatic hydroxyl groups excluding tert-OH is 1. The van der Waals surface area contributed by atoms with Crippen molar-refractivity contribution in [2.75, 3.05) is 6.54 Å². The molecule has 0 radical (unpaired) electrons. The molecule has 8 nitrogen and oxygen atoms in total. The van der Waals surface area contributed by atoms with Crippen LogP contribution in [0.1, 0.15) is 49.8 Å². The maximum atomic E-state index is 11.7. The number of fused-ring (bicyclic) bond motifs is 1. The first-order chi connectivity index (χ1) is 14.5. The van der Waals surface area contributed by atoms with Gasteiger partial charge in [-0.3, -0.25) is 0 Å². The fourth-order valence-electron chi connectivity index (χ4n) is 3.53. The lowest BCUT2D eigenvalue weighted by atomic mass is 9.95. The number of esters is 1. The van der Waals surface area contributed by atoms with Crippen LogP contribution in [-0.2, 0) is 17.9 Å². The number of pyridine rings is 1. The van der Waals surface area contributed by atoms with E-state index in [1.165, 1.54) is 0 Å². The highest BCUT2D eigenvalue weighted by molar-refractivity contribution is 5.93. The maximum Gasteiger partial charge on any atom is 0.338 e. The number of cyclic esters (lactones) is 1. The number of carbonyl (C=O) groups is 1. The van der Waals surface area contributed by atoms with Crippen molar-refractivity contribution in [1.29, 1.82) is 5.26 Å². The largest absolute Gasteiger partial charge is 0.457 e.